The molecular formula is C17H22N4. The normalized spacial score (nSPS) is 15.0. The summed E-state index contributed by atoms with van der Waals surface area (Å²) in [5.74, 6) is 1.08. The van der Waals surface area contributed by atoms with Gasteiger partial charge in [0.25, 0.3) is 0 Å². The van der Waals surface area contributed by atoms with Crippen molar-refractivity contribution < 1.29 is 0 Å². The number of pyridine rings is 1. The van der Waals surface area contributed by atoms with Gasteiger partial charge in [-0.3, -0.25) is 0 Å². The largest absolute Gasteiger partial charge is 0.398 e. The van der Waals surface area contributed by atoms with Crippen LogP contribution in [0.4, 0.5) is 17.2 Å². The Morgan fingerprint density at radius 3 is 2.57 bits per heavy atom. The lowest BCUT2D eigenvalue weighted by Gasteiger charge is -2.27. The molecule has 0 aliphatic carbocycles. The van der Waals surface area contributed by atoms with Crippen LogP contribution in [0, 0.1) is 0 Å². The van der Waals surface area contributed by atoms with Gasteiger partial charge in [-0.1, -0.05) is 18.2 Å². The summed E-state index contributed by atoms with van der Waals surface area (Å²) in [5.41, 5.74) is 8.90. The number of nitrogens with one attached hydrogen (secondary N) is 1. The molecule has 0 radical (unpaired) electrons. The molecule has 0 atom stereocenters. The second-order valence-corrected chi connectivity index (χ2v) is 5.51. The highest BCUT2D eigenvalue weighted by molar-refractivity contribution is 5.52. The standard InChI is InChI=1S/C17H22N4/c18-16-7-3-2-6-14(16)12-19-15-8-9-17(20-13-15)21-10-4-1-5-11-21/h2-3,6-9,13,19H,1,4-5,10-12,18H2. The fourth-order valence-electron chi connectivity index (χ4n) is 2.69. The van der Waals surface area contributed by atoms with Gasteiger partial charge in [0, 0.05) is 25.3 Å². The number of para-hydroxylation sites is 1. The Hall–Kier alpha value is -2.23. The van der Waals surface area contributed by atoms with Gasteiger partial charge in [0.05, 0.1) is 11.9 Å². The number of nitrogen functional groups attached to an aromatic ring is 1. The number of benzene rings is 1. The maximum absolute atomic E-state index is 5.94. The molecule has 1 aromatic heterocycles. The lowest BCUT2D eigenvalue weighted by atomic mass is 10.1. The summed E-state index contributed by atoms with van der Waals surface area (Å²) in [6.45, 7) is 2.97. The third-order valence-corrected chi connectivity index (χ3v) is 3.97. The number of nitrogens with two attached hydrogens (primary N) is 1. The van der Waals surface area contributed by atoms with E-state index in [-0.39, 0.29) is 0 Å². The maximum atomic E-state index is 5.94. The summed E-state index contributed by atoms with van der Waals surface area (Å²) in [6.07, 6.45) is 5.79. The Labute approximate surface area is 126 Å². The summed E-state index contributed by atoms with van der Waals surface area (Å²) in [6, 6.07) is 12.1. The van der Waals surface area contributed by atoms with Gasteiger partial charge in [-0.25, -0.2) is 4.98 Å². The SMILES string of the molecule is Nc1ccccc1CNc1ccc(N2CCCCC2)nc1. The number of anilines is 3. The topological polar surface area (TPSA) is 54.2 Å². The van der Waals surface area contributed by atoms with Gasteiger partial charge in [-0.2, -0.15) is 0 Å². The minimum atomic E-state index is 0.720. The predicted octanol–water partition coefficient (Wildman–Crippen LogP) is 3.27. The summed E-state index contributed by atoms with van der Waals surface area (Å²) in [5, 5.41) is 3.37. The van der Waals surface area contributed by atoms with Crippen LogP contribution in [-0.2, 0) is 6.54 Å². The number of aromatic nitrogens is 1. The molecule has 0 bridgehead atoms. The average molecular weight is 282 g/mol. The average Bonchev–Trinajstić information content (AvgIpc) is 2.55. The van der Waals surface area contributed by atoms with Gasteiger partial charge in [0.1, 0.15) is 5.82 Å². The fraction of sp³-hybridized carbons (Fsp3) is 0.353. The zero-order chi connectivity index (χ0) is 14.5. The van der Waals surface area contributed by atoms with Crippen LogP contribution < -0.4 is 16.0 Å². The van der Waals surface area contributed by atoms with E-state index in [1.54, 1.807) is 0 Å². The number of piperidine rings is 1. The van der Waals surface area contributed by atoms with E-state index < -0.39 is 0 Å². The van der Waals surface area contributed by atoms with Crippen LogP contribution >= 0.6 is 0 Å². The lowest BCUT2D eigenvalue weighted by molar-refractivity contribution is 0.573. The minimum Gasteiger partial charge on any atom is -0.398 e. The van der Waals surface area contributed by atoms with Gasteiger partial charge in [-0.05, 0) is 43.0 Å². The highest BCUT2D eigenvalue weighted by atomic mass is 15.2. The lowest BCUT2D eigenvalue weighted by Crippen LogP contribution is -2.30. The minimum absolute atomic E-state index is 0.720. The molecule has 0 amide bonds. The maximum Gasteiger partial charge on any atom is 0.128 e. The van der Waals surface area contributed by atoms with E-state index in [4.69, 9.17) is 5.73 Å². The van der Waals surface area contributed by atoms with Crippen molar-refractivity contribution >= 4 is 17.2 Å². The molecule has 4 heteroatoms. The monoisotopic (exact) mass is 282 g/mol. The molecule has 0 spiro atoms. The molecule has 21 heavy (non-hydrogen) atoms. The summed E-state index contributed by atoms with van der Waals surface area (Å²) in [4.78, 5) is 6.93. The van der Waals surface area contributed by atoms with Crippen LogP contribution in [0.25, 0.3) is 0 Å². The Balaban J connectivity index is 1.60. The molecule has 3 N–H and O–H groups in total. The molecule has 1 saturated heterocycles. The van der Waals surface area contributed by atoms with E-state index in [0.717, 1.165) is 42.4 Å². The van der Waals surface area contributed by atoms with Gasteiger partial charge in [0.15, 0.2) is 0 Å². The zero-order valence-electron chi connectivity index (χ0n) is 12.3. The molecule has 0 saturated carbocycles. The van der Waals surface area contributed by atoms with Gasteiger partial charge in [0.2, 0.25) is 0 Å². The van der Waals surface area contributed by atoms with E-state index >= 15 is 0 Å². The Bertz CT molecular complexity index is 574. The Morgan fingerprint density at radius 2 is 1.86 bits per heavy atom. The molecule has 1 aliphatic heterocycles. The van der Waals surface area contributed by atoms with Crippen molar-refractivity contribution in [3.8, 4) is 0 Å². The van der Waals surface area contributed by atoms with Crippen molar-refractivity contribution in [2.24, 2.45) is 0 Å². The van der Waals surface area contributed by atoms with Crippen LogP contribution in [0.1, 0.15) is 24.8 Å². The highest BCUT2D eigenvalue weighted by Gasteiger charge is 2.11. The van der Waals surface area contributed by atoms with Crippen molar-refractivity contribution in [2.45, 2.75) is 25.8 Å². The van der Waals surface area contributed by atoms with Crippen LogP contribution in [0.5, 0.6) is 0 Å². The zero-order valence-corrected chi connectivity index (χ0v) is 12.3. The second kappa shape index (κ2) is 6.48. The predicted molar refractivity (Wildman–Crippen MR) is 88.5 cm³/mol. The number of rotatable bonds is 4. The van der Waals surface area contributed by atoms with Crippen molar-refractivity contribution in [3.63, 3.8) is 0 Å². The van der Waals surface area contributed by atoms with Crippen LogP contribution in [0.2, 0.25) is 0 Å². The van der Waals surface area contributed by atoms with Crippen LogP contribution in [0.15, 0.2) is 42.6 Å². The fourth-order valence-corrected chi connectivity index (χ4v) is 2.69. The molecular weight excluding hydrogens is 260 g/mol. The van der Waals surface area contributed by atoms with E-state index in [9.17, 15) is 0 Å². The number of nitrogens with zero attached hydrogens (tertiary/aromatic N) is 2. The third-order valence-electron chi connectivity index (χ3n) is 3.97. The summed E-state index contributed by atoms with van der Waals surface area (Å²) < 4.78 is 0. The number of hydrogen-bond acceptors (Lipinski definition) is 4. The van der Waals surface area contributed by atoms with E-state index in [2.05, 4.69) is 27.3 Å². The first-order valence-corrected chi connectivity index (χ1v) is 7.61. The van der Waals surface area contributed by atoms with E-state index in [0.29, 0.717) is 0 Å². The number of hydrogen-bond donors (Lipinski definition) is 2. The van der Waals surface area contributed by atoms with Crippen LogP contribution in [-0.4, -0.2) is 18.1 Å². The molecule has 1 fully saturated rings. The van der Waals surface area contributed by atoms with Crippen molar-refractivity contribution in [1.82, 2.24) is 4.98 Å². The molecule has 1 aromatic carbocycles. The molecule has 3 rings (SSSR count). The first-order valence-electron chi connectivity index (χ1n) is 7.61. The molecule has 0 unspecified atom stereocenters. The van der Waals surface area contributed by atoms with Gasteiger partial charge < -0.3 is 16.0 Å². The quantitative estimate of drug-likeness (QED) is 0.845. The Kier molecular flexibility index (Phi) is 4.24. The van der Waals surface area contributed by atoms with Gasteiger partial charge >= 0.3 is 0 Å². The van der Waals surface area contributed by atoms with Crippen molar-refractivity contribution in [1.29, 1.82) is 0 Å². The van der Waals surface area contributed by atoms with E-state index in [1.807, 2.05) is 30.5 Å². The summed E-state index contributed by atoms with van der Waals surface area (Å²) >= 11 is 0. The molecule has 1 aliphatic rings. The van der Waals surface area contributed by atoms with Crippen molar-refractivity contribution in [3.05, 3.63) is 48.2 Å². The second-order valence-electron chi connectivity index (χ2n) is 5.51. The van der Waals surface area contributed by atoms with Crippen molar-refractivity contribution in [2.75, 3.05) is 29.0 Å². The smallest absolute Gasteiger partial charge is 0.128 e. The Morgan fingerprint density at radius 1 is 1.05 bits per heavy atom. The van der Waals surface area contributed by atoms with Crippen LogP contribution in [0.3, 0.4) is 0 Å². The molecule has 2 heterocycles. The third kappa shape index (κ3) is 3.45. The van der Waals surface area contributed by atoms with E-state index in [1.165, 1.54) is 19.3 Å². The summed E-state index contributed by atoms with van der Waals surface area (Å²) in [7, 11) is 0. The first kappa shape index (κ1) is 13.7. The molecule has 4 nitrogen and oxygen atoms in total. The highest BCUT2D eigenvalue weighted by Crippen LogP contribution is 2.19. The first-order chi connectivity index (χ1) is 10.3. The molecule has 110 valence electrons. The van der Waals surface area contributed by atoms with Gasteiger partial charge in [-0.15, -0.1) is 0 Å². The molecule has 2 aromatic rings.